The van der Waals surface area contributed by atoms with Gasteiger partial charge in [0.2, 0.25) is 0 Å². The zero-order valence-corrected chi connectivity index (χ0v) is 8.55. The Hall–Kier alpha value is -1.10. The first kappa shape index (κ1) is 9.98. The Morgan fingerprint density at radius 2 is 2.08 bits per heavy atom. The van der Waals surface area contributed by atoms with E-state index in [1.807, 2.05) is 0 Å². The Balaban J connectivity index is 2.86. The van der Waals surface area contributed by atoms with E-state index in [9.17, 15) is 9.59 Å². The van der Waals surface area contributed by atoms with Crippen LogP contribution in [0.3, 0.4) is 0 Å². The molecule has 5 heteroatoms. The monoisotopic (exact) mass is 245 g/mol. The van der Waals surface area contributed by atoms with Crippen LogP contribution in [0.5, 0.6) is 0 Å². The Morgan fingerprint density at radius 3 is 2.62 bits per heavy atom. The molecule has 0 aliphatic carbocycles. The van der Waals surface area contributed by atoms with Gasteiger partial charge < -0.3 is 9.72 Å². The Labute approximate surface area is 83.4 Å². The number of esters is 1. The van der Waals surface area contributed by atoms with Crippen molar-refractivity contribution in [3.05, 3.63) is 23.5 Å². The molecule has 0 atom stereocenters. The molecule has 1 heterocycles. The smallest absolute Gasteiger partial charge is 0.354 e. The van der Waals surface area contributed by atoms with Crippen molar-refractivity contribution in [2.45, 2.75) is 0 Å². The van der Waals surface area contributed by atoms with Crippen LogP contribution in [0.25, 0.3) is 0 Å². The average molecular weight is 246 g/mol. The minimum Gasteiger partial charge on any atom is -0.464 e. The van der Waals surface area contributed by atoms with Crippen molar-refractivity contribution in [3.8, 4) is 0 Å². The van der Waals surface area contributed by atoms with Gasteiger partial charge in [0.25, 0.3) is 0 Å². The zero-order chi connectivity index (χ0) is 9.84. The first-order chi connectivity index (χ1) is 6.19. The molecular formula is C8H8BrNO3. The number of methoxy groups -OCH3 is 1. The maximum Gasteiger partial charge on any atom is 0.354 e. The first-order valence-electron chi connectivity index (χ1n) is 3.55. The highest BCUT2D eigenvalue weighted by atomic mass is 79.9. The van der Waals surface area contributed by atoms with E-state index in [0.29, 0.717) is 5.69 Å². The number of hydrogen-bond acceptors (Lipinski definition) is 3. The average Bonchev–Trinajstić information content (AvgIpc) is 2.64. The molecule has 1 aromatic heterocycles. The highest BCUT2D eigenvalue weighted by Crippen LogP contribution is 2.05. The van der Waals surface area contributed by atoms with Gasteiger partial charge in [-0.1, -0.05) is 15.9 Å². The summed E-state index contributed by atoms with van der Waals surface area (Å²) >= 11 is 3.03. The molecule has 70 valence electrons. The summed E-state index contributed by atoms with van der Waals surface area (Å²) < 4.78 is 4.47. The van der Waals surface area contributed by atoms with Crippen molar-refractivity contribution in [3.63, 3.8) is 0 Å². The summed E-state index contributed by atoms with van der Waals surface area (Å²) in [7, 11) is 1.29. The molecule has 0 aliphatic heterocycles. The summed E-state index contributed by atoms with van der Waals surface area (Å²) in [4.78, 5) is 24.7. The number of nitrogens with one attached hydrogen (secondary N) is 1. The molecule has 0 aliphatic rings. The molecule has 0 amide bonds. The fourth-order valence-corrected chi connectivity index (χ4v) is 1.16. The van der Waals surface area contributed by atoms with E-state index in [2.05, 4.69) is 25.7 Å². The summed E-state index contributed by atoms with van der Waals surface area (Å²) in [5.41, 5.74) is 0.684. The normalized spacial score (nSPS) is 9.69. The van der Waals surface area contributed by atoms with Crippen LogP contribution in [0.2, 0.25) is 0 Å². The third kappa shape index (κ3) is 2.18. The molecule has 0 spiro atoms. The van der Waals surface area contributed by atoms with E-state index in [-0.39, 0.29) is 16.8 Å². The number of Topliss-reactive ketones (excluding diaryl/α,β-unsaturated/α-hetero) is 1. The summed E-state index contributed by atoms with van der Waals surface area (Å²) in [5.74, 6) is -0.580. The van der Waals surface area contributed by atoms with E-state index in [0.717, 1.165) is 0 Å². The summed E-state index contributed by atoms with van der Waals surface area (Å²) in [6.07, 6.45) is 0. The maximum absolute atomic E-state index is 11.1. The lowest BCUT2D eigenvalue weighted by atomic mass is 10.3. The number of aromatic amines is 1. The fourth-order valence-electron chi connectivity index (χ4n) is 0.859. The van der Waals surface area contributed by atoms with E-state index in [1.54, 1.807) is 6.07 Å². The molecule has 13 heavy (non-hydrogen) atoms. The molecule has 4 nitrogen and oxygen atoms in total. The predicted octanol–water partition coefficient (Wildman–Crippen LogP) is 1.38. The number of aromatic nitrogens is 1. The topological polar surface area (TPSA) is 59.2 Å². The van der Waals surface area contributed by atoms with Crippen LogP contribution in [0.4, 0.5) is 0 Å². The van der Waals surface area contributed by atoms with Gasteiger partial charge in [-0.25, -0.2) is 4.79 Å². The van der Waals surface area contributed by atoms with Gasteiger partial charge in [-0.15, -0.1) is 0 Å². The van der Waals surface area contributed by atoms with Crippen LogP contribution in [-0.2, 0) is 4.74 Å². The van der Waals surface area contributed by atoms with Crippen molar-refractivity contribution in [2.75, 3.05) is 12.4 Å². The summed E-state index contributed by atoms with van der Waals surface area (Å²) in [5, 5.41) is 0.230. The van der Waals surface area contributed by atoms with E-state index >= 15 is 0 Å². The van der Waals surface area contributed by atoms with Crippen LogP contribution < -0.4 is 0 Å². The van der Waals surface area contributed by atoms with Gasteiger partial charge in [-0.2, -0.15) is 0 Å². The Kier molecular flexibility index (Phi) is 3.25. The molecule has 1 rings (SSSR count). The molecule has 0 aromatic carbocycles. The third-order valence-electron chi connectivity index (χ3n) is 1.51. The second-order valence-corrected chi connectivity index (χ2v) is 2.89. The second kappa shape index (κ2) is 4.23. The lowest BCUT2D eigenvalue weighted by molar-refractivity contribution is 0.0595. The van der Waals surface area contributed by atoms with Crippen molar-refractivity contribution in [1.29, 1.82) is 0 Å². The molecule has 0 bridgehead atoms. The molecule has 0 fully saturated rings. The van der Waals surface area contributed by atoms with Gasteiger partial charge in [0.05, 0.1) is 18.1 Å². The van der Waals surface area contributed by atoms with E-state index in [4.69, 9.17) is 0 Å². The Bertz CT molecular complexity index is 301. The molecular weight excluding hydrogens is 238 g/mol. The zero-order valence-electron chi connectivity index (χ0n) is 6.96. The highest BCUT2D eigenvalue weighted by molar-refractivity contribution is 9.09. The SMILES string of the molecule is COC(=O)c1ccc(C(=O)CBr)[nH]1. The van der Waals surface area contributed by atoms with Crippen LogP contribution in [-0.4, -0.2) is 29.2 Å². The number of ether oxygens (including phenoxy) is 1. The molecule has 0 radical (unpaired) electrons. The van der Waals surface area contributed by atoms with Crippen molar-refractivity contribution in [2.24, 2.45) is 0 Å². The number of carbonyl (C=O) groups is 2. The minimum atomic E-state index is -0.478. The van der Waals surface area contributed by atoms with Crippen molar-refractivity contribution < 1.29 is 14.3 Å². The van der Waals surface area contributed by atoms with Gasteiger partial charge in [0.15, 0.2) is 5.78 Å². The Morgan fingerprint density at radius 1 is 1.46 bits per heavy atom. The van der Waals surface area contributed by atoms with Gasteiger partial charge in [-0.05, 0) is 12.1 Å². The maximum atomic E-state index is 11.1. The van der Waals surface area contributed by atoms with Gasteiger partial charge in [0.1, 0.15) is 5.69 Å². The van der Waals surface area contributed by atoms with Crippen molar-refractivity contribution >= 4 is 27.7 Å². The number of alkyl halides is 1. The second-order valence-electron chi connectivity index (χ2n) is 2.33. The number of carbonyl (C=O) groups excluding carboxylic acids is 2. The molecule has 0 saturated heterocycles. The largest absolute Gasteiger partial charge is 0.464 e. The van der Waals surface area contributed by atoms with Gasteiger partial charge in [0, 0.05) is 0 Å². The lowest BCUT2D eigenvalue weighted by Crippen LogP contribution is -2.04. The summed E-state index contributed by atoms with van der Waals surface area (Å²) in [6, 6.07) is 3.07. The molecule has 0 unspecified atom stereocenters. The quantitative estimate of drug-likeness (QED) is 0.498. The first-order valence-corrected chi connectivity index (χ1v) is 4.67. The van der Waals surface area contributed by atoms with Crippen LogP contribution >= 0.6 is 15.9 Å². The summed E-state index contributed by atoms with van der Waals surface area (Å²) in [6.45, 7) is 0. The van der Waals surface area contributed by atoms with Gasteiger partial charge >= 0.3 is 5.97 Å². The van der Waals surface area contributed by atoms with Crippen LogP contribution in [0.15, 0.2) is 12.1 Å². The molecule has 0 saturated carbocycles. The van der Waals surface area contributed by atoms with E-state index in [1.165, 1.54) is 13.2 Å². The molecule has 1 N–H and O–H groups in total. The van der Waals surface area contributed by atoms with Crippen LogP contribution in [0, 0.1) is 0 Å². The fraction of sp³-hybridized carbons (Fsp3) is 0.250. The van der Waals surface area contributed by atoms with Crippen molar-refractivity contribution in [1.82, 2.24) is 4.98 Å². The number of ketones is 1. The third-order valence-corrected chi connectivity index (χ3v) is 2.02. The standard InChI is InChI=1S/C8H8BrNO3/c1-13-8(12)6-3-2-5(10-6)7(11)4-9/h2-3,10H,4H2,1H3. The number of hydrogen-bond donors (Lipinski definition) is 1. The molecule has 1 aromatic rings. The lowest BCUT2D eigenvalue weighted by Gasteiger charge is -1.94. The number of H-pyrrole nitrogens is 1. The number of rotatable bonds is 3. The van der Waals surface area contributed by atoms with Crippen LogP contribution in [0.1, 0.15) is 21.0 Å². The minimum absolute atomic E-state index is 0.102. The number of halogens is 1. The highest BCUT2D eigenvalue weighted by Gasteiger charge is 2.11. The van der Waals surface area contributed by atoms with Gasteiger partial charge in [-0.3, -0.25) is 4.79 Å². The predicted molar refractivity (Wildman–Crippen MR) is 50.3 cm³/mol. The van der Waals surface area contributed by atoms with E-state index < -0.39 is 5.97 Å².